The van der Waals surface area contributed by atoms with Crippen molar-refractivity contribution in [3.63, 3.8) is 0 Å². The van der Waals surface area contributed by atoms with Crippen molar-refractivity contribution in [2.24, 2.45) is 0 Å². The fourth-order valence-corrected chi connectivity index (χ4v) is 3.00. The monoisotopic (exact) mass is 350 g/mol. The van der Waals surface area contributed by atoms with Crippen molar-refractivity contribution in [2.45, 2.75) is 19.8 Å². The lowest BCUT2D eigenvalue weighted by Gasteiger charge is -2.35. The summed E-state index contributed by atoms with van der Waals surface area (Å²) in [5.74, 6) is 3.85. The Morgan fingerprint density at radius 1 is 0.846 bits per heavy atom. The first kappa shape index (κ1) is 16.4. The summed E-state index contributed by atoms with van der Waals surface area (Å²) in [6, 6.07) is 7.80. The van der Waals surface area contributed by atoms with Gasteiger partial charge in [-0.15, -0.1) is 10.2 Å². The Labute approximate surface area is 152 Å². The zero-order chi connectivity index (χ0) is 17.9. The third-order valence-corrected chi connectivity index (χ3v) is 4.48. The summed E-state index contributed by atoms with van der Waals surface area (Å²) in [5, 5.41) is 12.8. The van der Waals surface area contributed by atoms with E-state index < -0.39 is 0 Å². The lowest BCUT2D eigenvalue weighted by atomic mass is 10.2. The van der Waals surface area contributed by atoms with Gasteiger partial charge in [0.25, 0.3) is 0 Å². The molecule has 0 bridgehead atoms. The maximum Gasteiger partial charge on any atom is 0.175 e. The molecule has 0 atom stereocenters. The molecule has 0 amide bonds. The summed E-state index contributed by atoms with van der Waals surface area (Å²) in [4.78, 5) is 13.6. The Morgan fingerprint density at radius 2 is 1.54 bits per heavy atom. The summed E-state index contributed by atoms with van der Waals surface area (Å²) in [6.07, 6.45) is 5.44. The van der Waals surface area contributed by atoms with Crippen LogP contribution >= 0.6 is 0 Å². The highest BCUT2D eigenvalue weighted by Crippen LogP contribution is 2.19. The molecule has 0 aliphatic carbocycles. The summed E-state index contributed by atoms with van der Waals surface area (Å²) in [5.41, 5.74) is 0. The van der Waals surface area contributed by atoms with Gasteiger partial charge in [-0.2, -0.15) is 5.10 Å². The Hall–Kier alpha value is -3.03. The van der Waals surface area contributed by atoms with E-state index in [0.29, 0.717) is 5.92 Å². The van der Waals surface area contributed by atoms with Crippen LogP contribution in [0.5, 0.6) is 0 Å². The summed E-state index contributed by atoms with van der Waals surface area (Å²) in [6.45, 7) is 7.80. The molecule has 0 aromatic carbocycles. The van der Waals surface area contributed by atoms with E-state index in [-0.39, 0.29) is 0 Å². The molecular weight excluding hydrogens is 328 g/mol. The summed E-state index contributed by atoms with van der Waals surface area (Å²) < 4.78 is 1.70. The number of aromatic nitrogens is 6. The predicted molar refractivity (Wildman–Crippen MR) is 99.7 cm³/mol. The van der Waals surface area contributed by atoms with Gasteiger partial charge in [0.05, 0.1) is 0 Å². The molecule has 8 nitrogen and oxygen atoms in total. The molecule has 8 heteroatoms. The van der Waals surface area contributed by atoms with Crippen LogP contribution in [0, 0.1) is 0 Å². The molecule has 1 fully saturated rings. The number of piperazine rings is 1. The van der Waals surface area contributed by atoms with E-state index in [1.807, 2.05) is 36.7 Å². The number of hydrogen-bond acceptors (Lipinski definition) is 7. The second-order valence-corrected chi connectivity index (χ2v) is 6.60. The maximum absolute atomic E-state index is 4.69. The molecule has 0 spiro atoms. The third kappa shape index (κ3) is 3.35. The van der Waals surface area contributed by atoms with E-state index in [1.165, 1.54) is 0 Å². The van der Waals surface area contributed by atoms with Gasteiger partial charge in [-0.3, -0.25) is 0 Å². The minimum Gasteiger partial charge on any atom is -0.353 e. The van der Waals surface area contributed by atoms with Crippen molar-refractivity contribution in [1.82, 2.24) is 29.9 Å². The van der Waals surface area contributed by atoms with Crippen molar-refractivity contribution in [2.75, 3.05) is 36.0 Å². The smallest absolute Gasteiger partial charge is 0.175 e. The molecule has 1 saturated heterocycles. The van der Waals surface area contributed by atoms with Gasteiger partial charge >= 0.3 is 0 Å². The first-order valence-corrected chi connectivity index (χ1v) is 8.87. The van der Waals surface area contributed by atoms with Crippen molar-refractivity contribution < 1.29 is 0 Å². The highest BCUT2D eigenvalue weighted by molar-refractivity contribution is 5.45. The molecule has 134 valence electrons. The van der Waals surface area contributed by atoms with Gasteiger partial charge < -0.3 is 9.80 Å². The van der Waals surface area contributed by atoms with Gasteiger partial charge in [0.1, 0.15) is 11.6 Å². The van der Waals surface area contributed by atoms with E-state index in [9.17, 15) is 0 Å². The lowest BCUT2D eigenvalue weighted by molar-refractivity contribution is 0.632. The molecular formula is C18H22N8. The van der Waals surface area contributed by atoms with E-state index in [1.54, 1.807) is 10.9 Å². The predicted octanol–water partition coefficient (Wildman–Crippen LogP) is 1.90. The number of nitrogens with zero attached hydrogens (tertiary/aromatic N) is 8. The summed E-state index contributed by atoms with van der Waals surface area (Å²) in [7, 11) is 0. The second kappa shape index (κ2) is 7.07. The van der Waals surface area contributed by atoms with Crippen LogP contribution in [-0.4, -0.2) is 56.1 Å². The van der Waals surface area contributed by atoms with Crippen LogP contribution in [0.3, 0.4) is 0 Å². The van der Waals surface area contributed by atoms with E-state index >= 15 is 0 Å². The SMILES string of the molecule is CC(C)c1nccc(N2CCN(c3ccc(-n4cccn4)nn3)CC2)n1. The zero-order valence-electron chi connectivity index (χ0n) is 15.0. The van der Waals surface area contributed by atoms with Gasteiger partial charge in [0, 0.05) is 50.7 Å². The van der Waals surface area contributed by atoms with Gasteiger partial charge in [-0.05, 0) is 24.3 Å². The average molecular weight is 350 g/mol. The Kier molecular flexibility index (Phi) is 4.47. The minimum atomic E-state index is 0.333. The molecule has 4 heterocycles. The fraction of sp³-hybridized carbons (Fsp3) is 0.389. The topological polar surface area (TPSA) is 75.9 Å². The molecule has 0 radical (unpaired) electrons. The number of rotatable bonds is 4. The lowest BCUT2D eigenvalue weighted by Crippen LogP contribution is -2.47. The van der Waals surface area contributed by atoms with Crippen LogP contribution in [-0.2, 0) is 0 Å². The van der Waals surface area contributed by atoms with Crippen molar-refractivity contribution in [3.8, 4) is 5.82 Å². The zero-order valence-corrected chi connectivity index (χ0v) is 15.0. The van der Waals surface area contributed by atoms with Crippen LogP contribution in [0.4, 0.5) is 11.6 Å². The highest BCUT2D eigenvalue weighted by Gasteiger charge is 2.20. The van der Waals surface area contributed by atoms with Crippen LogP contribution in [0.15, 0.2) is 42.9 Å². The molecule has 3 aromatic rings. The second-order valence-electron chi connectivity index (χ2n) is 6.60. The normalized spacial score (nSPS) is 14.9. The van der Waals surface area contributed by atoms with Crippen LogP contribution in [0.2, 0.25) is 0 Å². The van der Waals surface area contributed by atoms with E-state index in [4.69, 9.17) is 4.98 Å². The Bertz CT molecular complexity index is 836. The van der Waals surface area contributed by atoms with Crippen LogP contribution in [0.25, 0.3) is 5.82 Å². The Balaban J connectivity index is 1.41. The van der Waals surface area contributed by atoms with Gasteiger partial charge in [-0.25, -0.2) is 14.6 Å². The van der Waals surface area contributed by atoms with E-state index in [2.05, 4.69) is 43.9 Å². The first-order chi connectivity index (χ1) is 12.7. The standard InChI is InChI=1S/C18H22N8/c1-14(2)18-19-8-6-15(21-18)24-10-12-25(13-11-24)16-4-5-17(23-22-16)26-9-3-7-20-26/h3-9,14H,10-13H2,1-2H3. The van der Waals surface area contributed by atoms with Crippen molar-refractivity contribution in [1.29, 1.82) is 0 Å². The first-order valence-electron chi connectivity index (χ1n) is 8.87. The molecule has 4 rings (SSSR count). The average Bonchev–Trinajstić information content (AvgIpc) is 3.23. The quantitative estimate of drug-likeness (QED) is 0.711. The maximum atomic E-state index is 4.69. The largest absolute Gasteiger partial charge is 0.353 e. The Morgan fingerprint density at radius 3 is 2.15 bits per heavy atom. The molecule has 1 aliphatic rings. The van der Waals surface area contributed by atoms with Crippen LogP contribution in [0.1, 0.15) is 25.6 Å². The van der Waals surface area contributed by atoms with Gasteiger partial charge in [0.2, 0.25) is 0 Å². The van der Waals surface area contributed by atoms with Gasteiger partial charge in [-0.1, -0.05) is 13.8 Å². The molecule has 0 unspecified atom stereocenters. The fourth-order valence-electron chi connectivity index (χ4n) is 3.00. The molecule has 26 heavy (non-hydrogen) atoms. The van der Waals surface area contributed by atoms with E-state index in [0.717, 1.165) is 49.5 Å². The molecule has 0 saturated carbocycles. The number of hydrogen-bond donors (Lipinski definition) is 0. The summed E-state index contributed by atoms with van der Waals surface area (Å²) >= 11 is 0. The van der Waals surface area contributed by atoms with Crippen molar-refractivity contribution in [3.05, 3.63) is 48.7 Å². The molecule has 1 aliphatic heterocycles. The molecule has 0 N–H and O–H groups in total. The third-order valence-electron chi connectivity index (χ3n) is 4.48. The van der Waals surface area contributed by atoms with Crippen molar-refractivity contribution >= 4 is 11.6 Å². The van der Waals surface area contributed by atoms with Gasteiger partial charge in [0.15, 0.2) is 11.6 Å². The van der Waals surface area contributed by atoms with Crippen LogP contribution < -0.4 is 9.80 Å². The highest BCUT2D eigenvalue weighted by atomic mass is 15.4. The molecule has 3 aromatic heterocycles. The number of anilines is 2. The minimum absolute atomic E-state index is 0.333.